The van der Waals surface area contributed by atoms with Gasteiger partial charge in [0, 0.05) is 45.1 Å². The molecular formula is C18H23N9. The van der Waals surface area contributed by atoms with Crippen LogP contribution in [0.5, 0.6) is 0 Å². The Labute approximate surface area is 157 Å². The van der Waals surface area contributed by atoms with Crippen LogP contribution in [0, 0.1) is 12.8 Å². The van der Waals surface area contributed by atoms with Gasteiger partial charge in [-0.3, -0.25) is 0 Å². The van der Waals surface area contributed by atoms with Gasteiger partial charge >= 0.3 is 0 Å². The smallest absolute Gasteiger partial charge is 0.178 e. The highest BCUT2D eigenvalue weighted by Gasteiger charge is 2.28. The maximum absolute atomic E-state index is 4.63. The molecule has 9 heteroatoms. The second-order valence-electron chi connectivity index (χ2n) is 7.55. The quantitative estimate of drug-likeness (QED) is 0.725. The highest BCUT2D eigenvalue weighted by Crippen LogP contribution is 2.24. The summed E-state index contributed by atoms with van der Waals surface area (Å²) in [6.07, 6.45) is 0.986. The first-order valence-electron chi connectivity index (χ1n) is 9.37. The third-order valence-corrected chi connectivity index (χ3v) is 5.39. The van der Waals surface area contributed by atoms with Crippen LogP contribution in [0.15, 0.2) is 18.2 Å². The fraction of sp³-hybridized carbons (Fsp3) is 0.500. The lowest BCUT2D eigenvalue weighted by atomic mass is 10.00. The van der Waals surface area contributed by atoms with E-state index in [0.717, 1.165) is 67.9 Å². The van der Waals surface area contributed by atoms with Crippen molar-refractivity contribution >= 4 is 17.3 Å². The average Bonchev–Trinajstić information content (AvgIpc) is 3.01. The minimum absolute atomic E-state index is 0.574. The van der Waals surface area contributed by atoms with Gasteiger partial charge < -0.3 is 15.1 Å². The second-order valence-corrected chi connectivity index (χ2v) is 7.55. The van der Waals surface area contributed by atoms with Gasteiger partial charge in [-0.1, -0.05) is 0 Å². The number of nitrogens with zero attached hydrogens (tertiary/aromatic N) is 8. The Morgan fingerprint density at radius 2 is 2.04 bits per heavy atom. The van der Waals surface area contributed by atoms with E-state index in [9.17, 15) is 0 Å². The number of hydrogen-bond acceptors (Lipinski definition) is 8. The number of likely N-dealkylation sites (N-methyl/N-ethyl adjacent to an activating group) is 1. The summed E-state index contributed by atoms with van der Waals surface area (Å²) in [5, 5.41) is 25.0. The molecule has 3 aromatic heterocycles. The molecule has 2 aliphatic rings. The Kier molecular flexibility index (Phi) is 3.89. The monoisotopic (exact) mass is 365 g/mol. The van der Waals surface area contributed by atoms with E-state index in [4.69, 9.17) is 0 Å². The molecule has 5 heterocycles. The molecule has 0 aromatic carbocycles. The molecule has 0 atom stereocenters. The molecule has 2 aliphatic heterocycles. The zero-order chi connectivity index (χ0) is 18.4. The normalized spacial score (nSPS) is 17.8. The summed E-state index contributed by atoms with van der Waals surface area (Å²) in [5.41, 5.74) is 3.21. The highest BCUT2D eigenvalue weighted by atomic mass is 15.4. The summed E-state index contributed by atoms with van der Waals surface area (Å²) in [7, 11) is 2.14. The molecule has 9 nitrogen and oxygen atoms in total. The molecule has 140 valence electrons. The van der Waals surface area contributed by atoms with E-state index in [0.29, 0.717) is 5.92 Å². The van der Waals surface area contributed by atoms with Crippen molar-refractivity contribution in [2.24, 2.45) is 5.92 Å². The van der Waals surface area contributed by atoms with Crippen LogP contribution in [0.4, 0.5) is 11.6 Å². The number of hydrogen-bond donors (Lipinski definition) is 1. The lowest BCUT2D eigenvalue weighted by Crippen LogP contribution is -2.50. The van der Waals surface area contributed by atoms with Crippen LogP contribution in [-0.2, 0) is 13.0 Å². The van der Waals surface area contributed by atoms with E-state index in [2.05, 4.69) is 53.7 Å². The Morgan fingerprint density at radius 1 is 1.15 bits per heavy atom. The molecule has 0 unspecified atom stereocenters. The van der Waals surface area contributed by atoms with Gasteiger partial charge in [0.25, 0.3) is 0 Å². The van der Waals surface area contributed by atoms with Crippen LogP contribution in [-0.4, -0.2) is 68.1 Å². The second kappa shape index (κ2) is 6.41. The summed E-state index contributed by atoms with van der Waals surface area (Å²) in [6.45, 7) is 6.78. The van der Waals surface area contributed by atoms with Gasteiger partial charge in [0.1, 0.15) is 11.6 Å². The number of aryl methyl sites for hydroxylation is 1. The van der Waals surface area contributed by atoms with Crippen LogP contribution in [0.25, 0.3) is 5.65 Å². The molecule has 3 aromatic rings. The third kappa shape index (κ3) is 3.08. The van der Waals surface area contributed by atoms with Crippen molar-refractivity contribution in [2.75, 3.05) is 43.4 Å². The van der Waals surface area contributed by atoms with Gasteiger partial charge in [0.05, 0.1) is 5.69 Å². The maximum atomic E-state index is 4.63. The first kappa shape index (κ1) is 16.4. The van der Waals surface area contributed by atoms with Crippen molar-refractivity contribution in [1.82, 2.24) is 34.9 Å². The summed E-state index contributed by atoms with van der Waals surface area (Å²) in [4.78, 5) is 4.59. The van der Waals surface area contributed by atoms with Crippen LogP contribution in [0.2, 0.25) is 0 Å². The molecule has 0 radical (unpaired) electrons. The third-order valence-electron chi connectivity index (χ3n) is 5.39. The molecule has 1 saturated heterocycles. The molecule has 0 bridgehead atoms. The molecule has 1 fully saturated rings. The molecule has 0 saturated carbocycles. The standard InChI is InChI=1S/C18H23N9/c1-12-20-23-17-3-4-18(24-27(12)17)26-9-13(10-26)8-19-16-7-14-11-25(2)6-5-15(14)21-22-16/h3-4,7,13H,5-6,8-11H2,1-2H3,(H,19,22). The number of rotatable bonds is 4. The fourth-order valence-corrected chi connectivity index (χ4v) is 3.75. The number of anilines is 2. The largest absolute Gasteiger partial charge is 0.368 e. The molecule has 0 aliphatic carbocycles. The van der Waals surface area contributed by atoms with Crippen molar-refractivity contribution in [3.05, 3.63) is 35.3 Å². The van der Waals surface area contributed by atoms with Gasteiger partial charge in [0.2, 0.25) is 0 Å². The molecule has 27 heavy (non-hydrogen) atoms. The van der Waals surface area contributed by atoms with Gasteiger partial charge in [-0.05, 0) is 37.7 Å². The van der Waals surface area contributed by atoms with Gasteiger partial charge in [-0.15, -0.1) is 20.4 Å². The zero-order valence-electron chi connectivity index (χ0n) is 15.6. The lowest BCUT2D eigenvalue weighted by Gasteiger charge is -2.40. The first-order valence-corrected chi connectivity index (χ1v) is 9.37. The summed E-state index contributed by atoms with van der Waals surface area (Å²) < 4.78 is 1.79. The van der Waals surface area contributed by atoms with Gasteiger partial charge in [-0.2, -0.15) is 9.61 Å². The Morgan fingerprint density at radius 3 is 2.93 bits per heavy atom. The van der Waals surface area contributed by atoms with Gasteiger partial charge in [-0.25, -0.2) is 0 Å². The lowest BCUT2D eigenvalue weighted by molar-refractivity contribution is 0.309. The molecule has 0 spiro atoms. The topological polar surface area (TPSA) is 87.4 Å². The number of aromatic nitrogens is 6. The summed E-state index contributed by atoms with van der Waals surface area (Å²) in [5.74, 6) is 3.23. The Hall–Kier alpha value is -2.81. The van der Waals surface area contributed by atoms with Crippen molar-refractivity contribution in [2.45, 2.75) is 19.9 Å². The fourth-order valence-electron chi connectivity index (χ4n) is 3.75. The van der Waals surface area contributed by atoms with E-state index in [-0.39, 0.29) is 0 Å². The van der Waals surface area contributed by atoms with E-state index in [1.807, 2.05) is 19.1 Å². The van der Waals surface area contributed by atoms with E-state index >= 15 is 0 Å². The molecule has 5 rings (SSSR count). The van der Waals surface area contributed by atoms with Crippen molar-refractivity contribution in [3.63, 3.8) is 0 Å². The minimum atomic E-state index is 0.574. The van der Waals surface area contributed by atoms with Crippen molar-refractivity contribution in [3.8, 4) is 0 Å². The number of fused-ring (bicyclic) bond motifs is 2. The van der Waals surface area contributed by atoms with Crippen LogP contribution < -0.4 is 10.2 Å². The SMILES string of the molecule is Cc1nnc2ccc(N3CC(CNc4cc5c(nn4)CCN(C)C5)C3)nn12. The maximum Gasteiger partial charge on any atom is 0.178 e. The molecule has 0 amide bonds. The van der Waals surface area contributed by atoms with Crippen LogP contribution in [0.1, 0.15) is 17.1 Å². The van der Waals surface area contributed by atoms with E-state index < -0.39 is 0 Å². The Balaban J connectivity index is 1.18. The predicted octanol–water partition coefficient (Wildman–Crippen LogP) is 0.759. The highest BCUT2D eigenvalue weighted by molar-refractivity contribution is 5.48. The predicted molar refractivity (Wildman–Crippen MR) is 102 cm³/mol. The van der Waals surface area contributed by atoms with Crippen LogP contribution >= 0.6 is 0 Å². The van der Waals surface area contributed by atoms with Crippen molar-refractivity contribution in [1.29, 1.82) is 0 Å². The van der Waals surface area contributed by atoms with E-state index in [1.54, 1.807) is 4.52 Å². The molecule has 1 N–H and O–H groups in total. The minimum Gasteiger partial charge on any atom is -0.368 e. The van der Waals surface area contributed by atoms with E-state index in [1.165, 1.54) is 5.56 Å². The summed E-state index contributed by atoms with van der Waals surface area (Å²) in [6, 6.07) is 6.13. The Bertz CT molecular complexity index is 976. The van der Waals surface area contributed by atoms with Gasteiger partial charge in [0.15, 0.2) is 11.5 Å². The van der Waals surface area contributed by atoms with Crippen LogP contribution in [0.3, 0.4) is 0 Å². The summed E-state index contributed by atoms with van der Waals surface area (Å²) >= 11 is 0. The molecular weight excluding hydrogens is 342 g/mol. The number of nitrogens with one attached hydrogen (secondary N) is 1. The average molecular weight is 365 g/mol. The van der Waals surface area contributed by atoms with Crippen molar-refractivity contribution < 1.29 is 0 Å². The first-order chi connectivity index (χ1) is 13.2. The zero-order valence-corrected chi connectivity index (χ0v) is 15.6.